The van der Waals surface area contributed by atoms with Crippen molar-refractivity contribution in [1.29, 1.82) is 0 Å². The van der Waals surface area contributed by atoms with E-state index >= 15 is 0 Å². The summed E-state index contributed by atoms with van der Waals surface area (Å²) in [6, 6.07) is 4.27. The molecule has 1 amide bonds. The first-order chi connectivity index (χ1) is 11.4. The quantitative estimate of drug-likeness (QED) is 0.679. The lowest BCUT2D eigenvalue weighted by molar-refractivity contribution is -0.143. The number of benzene rings is 1. The molecule has 0 radical (unpaired) electrons. The second-order valence-corrected chi connectivity index (χ2v) is 7.31. The molecular weight excluding hydrogens is 336 g/mol. The average Bonchev–Trinajstić information content (AvgIpc) is 3.14. The van der Waals surface area contributed by atoms with Crippen LogP contribution in [0.25, 0.3) is 0 Å². The molecule has 2 N–H and O–H groups in total. The van der Waals surface area contributed by atoms with Crippen LogP contribution in [-0.4, -0.2) is 62.6 Å². The number of aliphatic hydroxyl groups is 1. The van der Waals surface area contributed by atoms with Crippen LogP contribution in [0.3, 0.4) is 0 Å². The predicted molar refractivity (Wildman–Crippen MR) is 84.8 cm³/mol. The van der Waals surface area contributed by atoms with Crippen LogP contribution in [0.2, 0.25) is 0 Å². The van der Waals surface area contributed by atoms with Crippen molar-refractivity contribution in [1.82, 2.24) is 9.62 Å². The van der Waals surface area contributed by atoms with E-state index in [1.807, 2.05) is 0 Å². The lowest BCUT2D eigenvalue weighted by Gasteiger charge is -2.16. The summed E-state index contributed by atoms with van der Waals surface area (Å²) in [5.41, 5.74) is 0.178. The maximum atomic E-state index is 12.4. The van der Waals surface area contributed by atoms with Crippen molar-refractivity contribution in [2.75, 3.05) is 26.8 Å². The number of hydrogen-bond acceptors (Lipinski definition) is 6. The van der Waals surface area contributed by atoms with Crippen molar-refractivity contribution in [3.8, 4) is 0 Å². The molecule has 1 aliphatic heterocycles. The van der Waals surface area contributed by atoms with Crippen LogP contribution < -0.4 is 5.32 Å². The summed E-state index contributed by atoms with van der Waals surface area (Å²) in [5, 5.41) is 11.4. The fourth-order valence-corrected chi connectivity index (χ4v) is 3.94. The molecule has 8 nitrogen and oxygen atoms in total. The average molecular weight is 356 g/mol. The molecule has 0 spiro atoms. The van der Waals surface area contributed by atoms with Gasteiger partial charge in [0.25, 0.3) is 5.91 Å². The van der Waals surface area contributed by atoms with E-state index in [-0.39, 0.29) is 10.5 Å². The third-order valence-corrected chi connectivity index (χ3v) is 5.71. The summed E-state index contributed by atoms with van der Waals surface area (Å²) in [5.74, 6) is -1.37. The summed E-state index contributed by atoms with van der Waals surface area (Å²) < 4.78 is 30.7. The molecule has 9 heteroatoms. The fourth-order valence-electron chi connectivity index (χ4n) is 2.42. The number of carbonyl (C=O) groups excluding carboxylic acids is 2. The van der Waals surface area contributed by atoms with E-state index in [4.69, 9.17) is 5.11 Å². The van der Waals surface area contributed by atoms with Gasteiger partial charge < -0.3 is 15.2 Å². The lowest BCUT2D eigenvalue weighted by atomic mass is 10.2. The number of sulfonamides is 1. The second kappa shape index (κ2) is 7.73. The van der Waals surface area contributed by atoms with Crippen molar-refractivity contribution in [2.24, 2.45) is 0 Å². The van der Waals surface area contributed by atoms with Crippen molar-refractivity contribution in [2.45, 2.75) is 23.8 Å². The lowest BCUT2D eigenvalue weighted by Crippen LogP contribution is -2.44. The maximum Gasteiger partial charge on any atom is 0.330 e. The molecule has 1 aromatic rings. The number of nitrogens with one attached hydrogen (secondary N) is 1. The molecule has 24 heavy (non-hydrogen) atoms. The molecule has 1 aliphatic rings. The number of amides is 1. The van der Waals surface area contributed by atoms with Crippen LogP contribution in [0.15, 0.2) is 29.2 Å². The Kier molecular flexibility index (Phi) is 5.92. The zero-order valence-electron chi connectivity index (χ0n) is 13.3. The third-order valence-electron chi connectivity index (χ3n) is 3.79. The summed E-state index contributed by atoms with van der Waals surface area (Å²) in [6.45, 7) is 0.406. The highest BCUT2D eigenvalue weighted by Gasteiger charge is 2.27. The van der Waals surface area contributed by atoms with Gasteiger partial charge in [0.05, 0.1) is 18.6 Å². The molecule has 1 aromatic carbocycles. The molecule has 0 aromatic heterocycles. The monoisotopic (exact) mass is 356 g/mol. The normalized spacial score (nSPS) is 16.6. The molecule has 0 aliphatic carbocycles. The number of hydrogen-bond donors (Lipinski definition) is 2. The van der Waals surface area contributed by atoms with Gasteiger partial charge >= 0.3 is 5.97 Å². The van der Waals surface area contributed by atoms with Crippen molar-refractivity contribution in [3.05, 3.63) is 29.8 Å². The summed E-state index contributed by atoms with van der Waals surface area (Å²) >= 11 is 0. The fraction of sp³-hybridized carbons (Fsp3) is 0.467. The number of carbonyl (C=O) groups is 2. The van der Waals surface area contributed by atoms with E-state index in [0.717, 1.165) is 20.0 Å². The van der Waals surface area contributed by atoms with Crippen LogP contribution >= 0.6 is 0 Å². The SMILES string of the molecule is COC(=O)[C@H](CO)NC(=O)c1ccc(S(=O)(=O)N2CCCC2)cc1. The van der Waals surface area contributed by atoms with Crippen LogP contribution in [-0.2, 0) is 19.6 Å². The van der Waals surface area contributed by atoms with Gasteiger partial charge in [-0.2, -0.15) is 4.31 Å². The largest absolute Gasteiger partial charge is 0.467 e. The minimum absolute atomic E-state index is 0.118. The van der Waals surface area contributed by atoms with Gasteiger partial charge in [-0.15, -0.1) is 0 Å². The first kappa shape index (κ1) is 18.4. The summed E-state index contributed by atoms with van der Waals surface area (Å²) in [6.07, 6.45) is 1.69. The molecule has 0 unspecified atom stereocenters. The Morgan fingerprint density at radius 2 is 1.83 bits per heavy atom. The van der Waals surface area contributed by atoms with E-state index < -0.39 is 34.5 Å². The number of nitrogens with zero attached hydrogens (tertiary/aromatic N) is 1. The molecule has 1 heterocycles. The van der Waals surface area contributed by atoms with Gasteiger partial charge in [-0.05, 0) is 37.1 Å². The molecule has 132 valence electrons. The van der Waals surface area contributed by atoms with Crippen LogP contribution in [0.4, 0.5) is 0 Å². The van der Waals surface area contributed by atoms with Crippen molar-refractivity contribution >= 4 is 21.9 Å². The molecule has 1 atom stereocenters. The molecule has 0 saturated carbocycles. The smallest absolute Gasteiger partial charge is 0.330 e. The third kappa shape index (κ3) is 3.92. The zero-order valence-corrected chi connectivity index (χ0v) is 14.1. The second-order valence-electron chi connectivity index (χ2n) is 5.37. The number of esters is 1. The Hall–Kier alpha value is -1.97. The van der Waals surface area contributed by atoms with Crippen molar-refractivity contribution < 1.29 is 27.9 Å². The molecule has 1 fully saturated rings. The van der Waals surface area contributed by atoms with E-state index in [1.165, 1.54) is 28.6 Å². The number of aliphatic hydroxyl groups excluding tert-OH is 1. The number of rotatable bonds is 6. The topological polar surface area (TPSA) is 113 Å². The minimum atomic E-state index is -3.54. The van der Waals surface area contributed by atoms with Gasteiger partial charge in [-0.3, -0.25) is 4.79 Å². The van der Waals surface area contributed by atoms with Gasteiger partial charge in [0.2, 0.25) is 10.0 Å². The van der Waals surface area contributed by atoms with Crippen LogP contribution in [0, 0.1) is 0 Å². The molecule has 1 saturated heterocycles. The van der Waals surface area contributed by atoms with Crippen LogP contribution in [0.1, 0.15) is 23.2 Å². The highest BCUT2D eigenvalue weighted by atomic mass is 32.2. The van der Waals surface area contributed by atoms with E-state index in [9.17, 15) is 18.0 Å². The Balaban J connectivity index is 2.11. The van der Waals surface area contributed by atoms with E-state index in [2.05, 4.69) is 10.1 Å². The predicted octanol–water partition coefficient (Wildman–Crippen LogP) is -0.265. The van der Waals surface area contributed by atoms with Gasteiger partial charge in [-0.25, -0.2) is 13.2 Å². The highest BCUT2D eigenvalue weighted by Crippen LogP contribution is 2.21. The Morgan fingerprint density at radius 3 is 2.33 bits per heavy atom. The maximum absolute atomic E-state index is 12.4. The Bertz CT molecular complexity index is 695. The standard InChI is InChI=1S/C15H20N2O6S/c1-23-15(20)13(10-18)16-14(19)11-4-6-12(7-5-11)24(21,22)17-8-2-3-9-17/h4-7,13,18H,2-3,8-10H2,1H3,(H,16,19)/t13-/m0/s1. The van der Waals surface area contributed by atoms with E-state index in [0.29, 0.717) is 13.1 Å². The molecular formula is C15H20N2O6S. The molecule has 0 bridgehead atoms. The highest BCUT2D eigenvalue weighted by molar-refractivity contribution is 7.89. The van der Waals surface area contributed by atoms with Gasteiger partial charge in [0.15, 0.2) is 6.04 Å². The van der Waals surface area contributed by atoms with Crippen LogP contribution in [0.5, 0.6) is 0 Å². The number of methoxy groups -OCH3 is 1. The summed E-state index contributed by atoms with van der Waals surface area (Å²) in [7, 11) is -2.39. The van der Waals surface area contributed by atoms with Gasteiger partial charge in [0, 0.05) is 18.7 Å². The first-order valence-electron chi connectivity index (χ1n) is 7.50. The van der Waals surface area contributed by atoms with Gasteiger partial charge in [-0.1, -0.05) is 0 Å². The minimum Gasteiger partial charge on any atom is -0.467 e. The molecule has 2 rings (SSSR count). The Labute approximate surface area is 140 Å². The first-order valence-corrected chi connectivity index (χ1v) is 8.94. The van der Waals surface area contributed by atoms with Crippen molar-refractivity contribution in [3.63, 3.8) is 0 Å². The summed E-state index contributed by atoms with van der Waals surface area (Å²) in [4.78, 5) is 23.5. The van der Waals surface area contributed by atoms with E-state index in [1.54, 1.807) is 0 Å². The van der Waals surface area contributed by atoms with Gasteiger partial charge in [0.1, 0.15) is 0 Å². The Morgan fingerprint density at radius 1 is 1.25 bits per heavy atom. The number of ether oxygens (including phenoxy) is 1. The zero-order chi connectivity index (χ0) is 17.7.